The Morgan fingerprint density at radius 3 is 3.12 bits per heavy atom. The first-order valence-electron chi connectivity index (χ1n) is 5.98. The Bertz CT molecular complexity index is 436. The maximum Gasteiger partial charge on any atom is 0.0950 e. The van der Waals surface area contributed by atoms with E-state index in [1.165, 1.54) is 5.56 Å². The zero-order valence-corrected chi connectivity index (χ0v) is 10.1. The van der Waals surface area contributed by atoms with E-state index in [-0.39, 0.29) is 0 Å². The van der Waals surface area contributed by atoms with E-state index in [4.69, 9.17) is 0 Å². The second-order valence-corrected chi connectivity index (χ2v) is 3.99. The summed E-state index contributed by atoms with van der Waals surface area (Å²) in [5.41, 5.74) is 2.35. The van der Waals surface area contributed by atoms with Crippen LogP contribution in [0.1, 0.15) is 18.2 Å². The topological polar surface area (TPSA) is 42.7 Å². The minimum atomic E-state index is 0.844. The van der Waals surface area contributed by atoms with Crippen LogP contribution in [0.2, 0.25) is 0 Å². The minimum Gasteiger partial charge on any atom is -0.337 e. The molecule has 0 radical (unpaired) electrons. The first-order valence-corrected chi connectivity index (χ1v) is 5.98. The number of nitrogens with zero attached hydrogens (tertiary/aromatic N) is 3. The van der Waals surface area contributed by atoms with Gasteiger partial charge in [0, 0.05) is 31.7 Å². The van der Waals surface area contributed by atoms with Gasteiger partial charge in [-0.2, -0.15) is 0 Å². The molecule has 0 aliphatic carbocycles. The molecule has 0 unspecified atom stereocenters. The molecule has 0 aliphatic rings. The Kier molecular flexibility index (Phi) is 4.27. The highest BCUT2D eigenvalue weighted by molar-refractivity contribution is 5.08. The van der Waals surface area contributed by atoms with Crippen LogP contribution in [0.5, 0.6) is 0 Å². The van der Waals surface area contributed by atoms with Gasteiger partial charge in [-0.25, -0.2) is 4.98 Å². The molecule has 0 saturated heterocycles. The third-order valence-corrected chi connectivity index (χ3v) is 2.62. The van der Waals surface area contributed by atoms with Crippen LogP contribution in [0.4, 0.5) is 0 Å². The van der Waals surface area contributed by atoms with Crippen LogP contribution >= 0.6 is 0 Å². The van der Waals surface area contributed by atoms with E-state index in [0.29, 0.717) is 0 Å². The molecule has 90 valence electrons. The smallest absolute Gasteiger partial charge is 0.0950 e. The molecule has 2 rings (SSSR count). The number of aryl methyl sites for hydroxylation is 2. The highest BCUT2D eigenvalue weighted by Crippen LogP contribution is 2.01. The van der Waals surface area contributed by atoms with Gasteiger partial charge in [0.15, 0.2) is 0 Å². The van der Waals surface area contributed by atoms with Crippen molar-refractivity contribution in [1.82, 2.24) is 19.9 Å². The number of hydrogen-bond acceptors (Lipinski definition) is 3. The molecule has 0 saturated carbocycles. The highest BCUT2D eigenvalue weighted by atomic mass is 15.0. The number of rotatable bonds is 6. The monoisotopic (exact) mass is 230 g/mol. The largest absolute Gasteiger partial charge is 0.337 e. The Balaban J connectivity index is 1.85. The van der Waals surface area contributed by atoms with Gasteiger partial charge in [0.2, 0.25) is 0 Å². The predicted molar refractivity (Wildman–Crippen MR) is 67.5 cm³/mol. The average Bonchev–Trinajstić information content (AvgIpc) is 2.83. The van der Waals surface area contributed by atoms with Gasteiger partial charge < -0.3 is 9.88 Å². The van der Waals surface area contributed by atoms with Crippen molar-refractivity contribution in [3.8, 4) is 0 Å². The molecule has 2 aromatic rings. The molecule has 0 aromatic carbocycles. The SMILES string of the molecule is CCNCc1cn(CCc2cccnc2)cn1. The van der Waals surface area contributed by atoms with E-state index >= 15 is 0 Å². The van der Waals surface area contributed by atoms with Gasteiger partial charge in [0.1, 0.15) is 0 Å². The highest BCUT2D eigenvalue weighted by Gasteiger charge is 1.98. The predicted octanol–water partition coefficient (Wildman–Crippen LogP) is 1.63. The third-order valence-electron chi connectivity index (χ3n) is 2.62. The van der Waals surface area contributed by atoms with Gasteiger partial charge in [0.25, 0.3) is 0 Å². The van der Waals surface area contributed by atoms with Gasteiger partial charge in [-0.15, -0.1) is 0 Å². The molecular formula is C13H18N4. The Labute approximate surface area is 102 Å². The summed E-state index contributed by atoms with van der Waals surface area (Å²) in [6.07, 6.45) is 8.69. The van der Waals surface area contributed by atoms with Crippen molar-refractivity contribution in [3.63, 3.8) is 0 Å². The number of nitrogens with one attached hydrogen (secondary N) is 1. The normalized spacial score (nSPS) is 10.6. The third kappa shape index (κ3) is 3.67. The Morgan fingerprint density at radius 1 is 1.41 bits per heavy atom. The van der Waals surface area contributed by atoms with Crippen molar-refractivity contribution in [2.24, 2.45) is 0 Å². The standard InChI is InChI=1S/C13H18N4/c1-2-14-9-13-10-17(11-16-13)7-5-12-4-3-6-15-8-12/h3-4,6,8,10-11,14H,2,5,7,9H2,1H3. The maximum absolute atomic E-state index is 4.35. The first-order chi connectivity index (χ1) is 8.38. The van der Waals surface area contributed by atoms with Crippen LogP contribution in [0.3, 0.4) is 0 Å². The molecule has 1 N–H and O–H groups in total. The molecule has 0 bridgehead atoms. The fourth-order valence-corrected chi connectivity index (χ4v) is 1.68. The number of hydrogen-bond donors (Lipinski definition) is 1. The van der Waals surface area contributed by atoms with Gasteiger partial charge in [-0.3, -0.25) is 4.98 Å². The molecule has 17 heavy (non-hydrogen) atoms. The molecule has 0 fully saturated rings. The van der Waals surface area contributed by atoms with Crippen molar-refractivity contribution in [2.75, 3.05) is 6.54 Å². The molecule has 0 spiro atoms. The fourth-order valence-electron chi connectivity index (χ4n) is 1.68. The van der Waals surface area contributed by atoms with Crippen molar-refractivity contribution in [2.45, 2.75) is 26.4 Å². The van der Waals surface area contributed by atoms with Gasteiger partial charge in [0.05, 0.1) is 12.0 Å². The van der Waals surface area contributed by atoms with E-state index in [1.807, 2.05) is 18.6 Å². The lowest BCUT2D eigenvalue weighted by molar-refractivity contribution is 0.688. The van der Waals surface area contributed by atoms with E-state index < -0.39 is 0 Å². The van der Waals surface area contributed by atoms with Gasteiger partial charge in [-0.05, 0) is 24.6 Å². The fraction of sp³-hybridized carbons (Fsp3) is 0.385. The molecule has 4 nitrogen and oxygen atoms in total. The number of aromatic nitrogens is 3. The van der Waals surface area contributed by atoms with Crippen LogP contribution in [0, 0.1) is 0 Å². The minimum absolute atomic E-state index is 0.844. The van der Waals surface area contributed by atoms with Crippen LogP contribution in [-0.4, -0.2) is 21.1 Å². The van der Waals surface area contributed by atoms with Crippen LogP contribution in [0.15, 0.2) is 37.1 Å². The van der Waals surface area contributed by atoms with E-state index in [0.717, 1.165) is 31.7 Å². The summed E-state index contributed by atoms with van der Waals surface area (Å²) < 4.78 is 2.12. The summed E-state index contributed by atoms with van der Waals surface area (Å²) >= 11 is 0. The van der Waals surface area contributed by atoms with Crippen molar-refractivity contribution in [3.05, 3.63) is 48.3 Å². The van der Waals surface area contributed by atoms with Crippen molar-refractivity contribution >= 4 is 0 Å². The lowest BCUT2D eigenvalue weighted by Crippen LogP contribution is -2.11. The van der Waals surface area contributed by atoms with Crippen molar-refractivity contribution < 1.29 is 0 Å². The van der Waals surface area contributed by atoms with E-state index in [9.17, 15) is 0 Å². The molecule has 0 atom stereocenters. The quantitative estimate of drug-likeness (QED) is 0.820. The summed E-state index contributed by atoms with van der Waals surface area (Å²) in [5, 5.41) is 3.27. The molecule has 2 heterocycles. The average molecular weight is 230 g/mol. The Morgan fingerprint density at radius 2 is 2.35 bits per heavy atom. The molecule has 2 aromatic heterocycles. The molecule has 0 aliphatic heterocycles. The van der Waals surface area contributed by atoms with Crippen molar-refractivity contribution in [1.29, 1.82) is 0 Å². The molecule has 4 heteroatoms. The number of imidazole rings is 1. The summed E-state index contributed by atoms with van der Waals surface area (Å²) in [6, 6.07) is 4.07. The molecule has 0 amide bonds. The van der Waals surface area contributed by atoms with Gasteiger partial charge in [-0.1, -0.05) is 13.0 Å². The summed E-state index contributed by atoms with van der Waals surface area (Å²) in [5.74, 6) is 0. The second-order valence-electron chi connectivity index (χ2n) is 3.99. The van der Waals surface area contributed by atoms with E-state index in [1.54, 1.807) is 6.20 Å². The summed E-state index contributed by atoms with van der Waals surface area (Å²) in [4.78, 5) is 8.46. The second kappa shape index (κ2) is 6.15. The first kappa shape index (κ1) is 11.8. The van der Waals surface area contributed by atoms with Crippen LogP contribution in [0.25, 0.3) is 0 Å². The Hall–Kier alpha value is -1.68. The molecular weight excluding hydrogens is 212 g/mol. The van der Waals surface area contributed by atoms with Crippen LogP contribution in [-0.2, 0) is 19.5 Å². The lowest BCUT2D eigenvalue weighted by atomic mass is 10.2. The van der Waals surface area contributed by atoms with Crippen LogP contribution < -0.4 is 5.32 Å². The summed E-state index contributed by atoms with van der Waals surface area (Å²) in [6.45, 7) is 4.86. The number of pyridine rings is 1. The van der Waals surface area contributed by atoms with Gasteiger partial charge >= 0.3 is 0 Å². The lowest BCUT2D eigenvalue weighted by Gasteiger charge is -2.01. The van der Waals surface area contributed by atoms with E-state index in [2.05, 4.69) is 39.0 Å². The summed E-state index contributed by atoms with van der Waals surface area (Å²) in [7, 11) is 0. The zero-order valence-electron chi connectivity index (χ0n) is 10.1. The maximum atomic E-state index is 4.35. The zero-order chi connectivity index (χ0) is 11.9.